The number of nitrogens with zero attached hydrogens (tertiary/aromatic N) is 1. The number of hydrogen-bond acceptors (Lipinski definition) is 5. The first kappa shape index (κ1) is 20.0. The summed E-state index contributed by atoms with van der Waals surface area (Å²) in [5.41, 5.74) is 3.13. The van der Waals surface area contributed by atoms with Crippen LogP contribution in [-0.2, 0) is 15.9 Å². The average Bonchev–Trinajstić information content (AvgIpc) is 3.34. The summed E-state index contributed by atoms with van der Waals surface area (Å²) < 4.78 is 11.1. The number of nitrogens with one attached hydrogen (secondary N) is 1. The number of carbonyl (C=O) groups excluding carboxylic acids is 1. The fourth-order valence-electron chi connectivity index (χ4n) is 3.06. The second-order valence-corrected chi connectivity index (χ2v) is 7.80. The van der Waals surface area contributed by atoms with Crippen LogP contribution in [0.3, 0.4) is 0 Å². The Morgan fingerprint density at radius 3 is 2.89 bits per heavy atom. The number of carbonyl (C=O) groups is 1. The molecule has 1 aromatic carbocycles. The van der Waals surface area contributed by atoms with Gasteiger partial charge in [-0.1, -0.05) is 31.2 Å². The first-order valence-electron chi connectivity index (χ1n) is 9.71. The van der Waals surface area contributed by atoms with E-state index in [-0.39, 0.29) is 12.0 Å². The van der Waals surface area contributed by atoms with Gasteiger partial charge in [0.2, 0.25) is 0 Å². The number of aryl methyl sites for hydroxylation is 2. The van der Waals surface area contributed by atoms with Gasteiger partial charge in [0.25, 0.3) is 5.91 Å². The van der Waals surface area contributed by atoms with Crippen molar-refractivity contribution < 1.29 is 14.3 Å². The van der Waals surface area contributed by atoms with E-state index in [2.05, 4.69) is 41.5 Å². The van der Waals surface area contributed by atoms with E-state index in [0.717, 1.165) is 48.6 Å². The number of hydrogen-bond donors (Lipinski definition) is 1. The smallest absolute Gasteiger partial charge is 0.263 e. The molecule has 0 bridgehead atoms. The summed E-state index contributed by atoms with van der Waals surface area (Å²) in [6.45, 7) is 6.77. The van der Waals surface area contributed by atoms with Crippen molar-refractivity contribution in [2.75, 3.05) is 26.4 Å². The molecule has 1 atom stereocenters. The zero-order valence-corrected chi connectivity index (χ0v) is 16.9. The average molecular weight is 389 g/mol. The molecule has 1 unspecified atom stereocenters. The van der Waals surface area contributed by atoms with Gasteiger partial charge in [-0.05, 0) is 38.2 Å². The standard InChI is InChI=1S/C21H28N2O3S/c1-3-16-7-9-17(10-8-16)21-23-15(2)19(27-21)20(24)22-11-5-12-25-14-18-6-4-13-26-18/h7-10,18H,3-6,11-14H2,1-2H3,(H,22,24). The minimum atomic E-state index is -0.0550. The zero-order chi connectivity index (χ0) is 19.1. The first-order valence-corrected chi connectivity index (χ1v) is 10.5. The molecule has 1 aliphatic rings. The highest BCUT2D eigenvalue weighted by molar-refractivity contribution is 7.17. The van der Waals surface area contributed by atoms with Gasteiger partial charge in [-0.2, -0.15) is 0 Å². The molecule has 5 nitrogen and oxygen atoms in total. The molecular formula is C21H28N2O3S. The van der Waals surface area contributed by atoms with Gasteiger partial charge in [0, 0.05) is 25.3 Å². The maximum atomic E-state index is 12.5. The molecule has 1 aliphatic heterocycles. The predicted octanol–water partition coefficient (Wildman–Crippen LogP) is 4.00. The van der Waals surface area contributed by atoms with Crippen LogP contribution < -0.4 is 5.32 Å². The van der Waals surface area contributed by atoms with Gasteiger partial charge in [-0.3, -0.25) is 4.79 Å². The Balaban J connectivity index is 1.44. The van der Waals surface area contributed by atoms with Crippen molar-refractivity contribution in [2.45, 2.75) is 45.6 Å². The maximum Gasteiger partial charge on any atom is 0.263 e. The number of aromatic nitrogens is 1. The lowest BCUT2D eigenvalue weighted by Crippen LogP contribution is -2.25. The summed E-state index contributed by atoms with van der Waals surface area (Å²) in [5.74, 6) is -0.0550. The zero-order valence-electron chi connectivity index (χ0n) is 16.1. The van der Waals surface area contributed by atoms with Crippen LogP contribution in [0.15, 0.2) is 24.3 Å². The van der Waals surface area contributed by atoms with Crippen LogP contribution in [0, 0.1) is 6.92 Å². The quantitative estimate of drug-likeness (QED) is 0.660. The van der Waals surface area contributed by atoms with Crippen LogP contribution in [-0.4, -0.2) is 43.4 Å². The van der Waals surface area contributed by atoms with Gasteiger partial charge in [0.1, 0.15) is 9.88 Å². The first-order chi connectivity index (χ1) is 13.2. The number of benzene rings is 1. The third-order valence-electron chi connectivity index (χ3n) is 4.69. The molecular weight excluding hydrogens is 360 g/mol. The van der Waals surface area contributed by atoms with E-state index in [1.54, 1.807) is 0 Å². The molecule has 0 aliphatic carbocycles. The van der Waals surface area contributed by atoms with E-state index in [1.165, 1.54) is 16.9 Å². The van der Waals surface area contributed by atoms with E-state index in [4.69, 9.17) is 9.47 Å². The SMILES string of the molecule is CCc1ccc(-c2nc(C)c(C(=O)NCCCOCC3CCCO3)s2)cc1. The minimum Gasteiger partial charge on any atom is -0.379 e. The Bertz CT molecular complexity index is 736. The lowest BCUT2D eigenvalue weighted by molar-refractivity contribution is 0.0166. The normalized spacial score (nSPS) is 16.6. The fourth-order valence-corrected chi connectivity index (χ4v) is 4.05. The Kier molecular flexibility index (Phi) is 7.38. The van der Waals surface area contributed by atoms with E-state index in [0.29, 0.717) is 24.6 Å². The second-order valence-electron chi connectivity index (χ2n) is 6.80. The van der Waals surface area contributed by atoms with Gasteiger partial charge in [0.05, 0.1) is 18.4 Å². The van der Waals surface area contributed by atoms with Crippen molar-refractivity contribution in [1.82, 2.24) is 10.3 Å². The summed E-state index contributed by atoms with van der Waals surface area (Å²) >= 11 is 1.45. The highest BCUT2D eigenvalue weighted by Crippen LogP contribution is 2.28. The summed E-state index contributed by atoms with van der Waals surface area (Å²) in [6, 6.07) is 8.37. The molecule has 1 fully saturated rings. The highest BCUT2D eigenvalue weighted by Gasteiger charge is 2.17. The molecule has 1 N–H and O–H groups in total. The van der Waals surface area contributed by atoms with Crippen LogP contribution in [0.25, 0.3) is 10.6 Å². The molecule has 0 spiro atoms. The van der Waals surface area contributed by atoms with Gasteiger partial charge >= 0.3 is 0 Å². The van der Waals surface area contributed by atoms with Crippen LogP contribution in [0.4, 0.5) is 0 Å². The summed E-state index contributed by atoms with van der Waals surface area (Å²) in [5, 5.41) is 3.86. The third kappa shape index (κ3) is 5.61. The molecule has 0 saturated carbocycles. The predicted molar refractivity (Wildman–Crippen MR) is 108 cm³/mol. The minimum absolute atomic E-state index is 0.0550. The van der Waals surface area contributed by atoms with Crippen LogP contribution in [0.1, 0.15) is 47.1 Å². The topological polar surface area (TPSA) is 60.5 Å². The molecule has 2 aromatic rings. The Hall–Kier alpha value is -1.76. The van der Waals surface area contributed by atoms with E-state index >= 15 is 0 Å². The molecule has 27 heavy (non-hydrogen) atoms. The van der Waals surface area contributed by atoms with Crippen molar-refractivity contribution >= 4 is 17.2 Å². The van der Waals surface area contributed by atoms with Crippen molar-refractivity contribution in [2.24, 2.45) is 0 Å². The van der Waals surface area contributed by atoms with Crippen molar-refractivity contribution in [3.05, 3.63) is 40.4 Å². The molecule has 146 valence electrons. The Morgan fingerprint density at radius 2 is 2.19 bits per heavy atom. The molecule has 0 radical (unpaired) electrons. The maximum absolute atomic E-state index is 12.5. The lowest BCUT2D eigenvalue weighted by atomic mass is 10.1. The Morgan fingerprint density at radius 1 is 1.37 bits per heavy atom. The molecule has 1 saturated heterocycles. The van der Waals surface area contributed by atoms with Crippen LogP contribution in [0.5, 0.6) is 0 Å². The monoisotopic (exact) mass is 388 g/mol. The fraction of sp³-hybridized carbons (Fsp3) is 0.524. The van der Waals surface area contributed by atoms with Crippen molar-refractivity contribution in [3.8, 4) is 10.6 Å². The van der Waals surface area contributed by atoms with Gasteiger partial charge in [-0.15, -0.1) is 11.3 Å². The molecule has 1 aromatic heterocycles. The van der Waals surface area contributed by atoms with Crippen LogP contribution >= 0.6 is 11.3 Å². The van der Waals surface area contributed by atoms with Crippen molar-refractivity contribution in [3.63, 3.8) is 0 Å². The van der Waals surface area contributed by atoms with E-state index < -0.39 is 0 Å². The number of thiazole rings is 1. The third-order valence-corrected chi connectivity index (χ3v) is 5.90. The number of rotatable bonds is 9. The van der Waals surface area contributed by atoms with E-state index in [9.17, 15) is 4.79 Å². The van der Waals surface area contributed by atoms with Gasteiger partial charge < -0.3 is 14.8 Å². The lowest BCUT2D eigenvalue weighted by Gasteiger charge is -2.10. The largest absolute Gasteiger partial charge is 0.379 e. The van der Waals surface area contributed by atoms with Crippen molar-refractivity contribution in [1.29, 1.82) is 0 Å². The molecule has 2 heterocycles. The Labute approximate surface area is 165 Å². The summed E-state index contributed by atoms with van der Waals surface area (Å²) in [4.78, 5) is 17.7. The number of ether oxygens (including phenoxy) is 2. The second kappa shape index (κ2) is 9.97. The molecule has 6 heteroatoms. The molecule has 1 amide bonds. The van der Waals surface area contributed by atoms with Gasteiger partial charge in [0.15, 0.2) is 0 Å². The highest BCUT2D eigenvalue weighted by atomic mass is 32.1. The van der Waals surface area contributed by atoms with E-state index in [1.807, 2.05) is 6.92 Å². The number of amides is 1. The summed E-state index contributed by atoms with van der Waals surface area (Å²) in [7, 11) is 0. The van der Waals surface area contributed by atoms with Crippen LogP contribution in [0.2, 0.25) is 0 Å². The molecule has 3 rings (SSSR count). The van der Waals surface area contributed by atoms with Gasteiger partial charge in [-0.25, -0.2) is 4.98 Å². The summed E-state index contributed by atoms with van der Waals surface area (Å²) in [6.07, 6.45) is 4.28.